The second-order valence-corrected chi connectivity index (χ2v) is 5.98. The van der Waals surface area contributed by atoms with E-state index in [1.54, 1.807) is 0 Å². The fourth-order valence-corrected chi connectivity index (χ4v) is 2.90. The lowest BCUT2D eigenvalue weighted by Crippen LogP contribution is -2.46. The summed E-state index contributed by atoms with van der Waals surface area (Å²) in [4.78, 5) is 16.3. The van der Waals surface area contributed by atoms with Crippen molar-refractivity contribution in [2.24, 2.45) is 0 Å². The van der Waals surface area contributed by atoms with Gasteiger partial charge in [-0.05, 0) is 25.6 Å². The number of benzene rings is 1. The number of likely N-dealkylation sites (N-methyl/N-ethyl adjacent to an activating group) is 1. The Balaban J connectivity index is 1.82. The molecule has 3 rings (SSSR count). The van der Waals surface area contributed by atoms with Crippen LogP contribution in [0, 0.1) is 6.92 Å². The third-order valence-electron chi connectivity index (χ3n) is 4.42. The van der Waals surface area contributed by atoms with E-state index in [-0.39, 0.29) is 0 Å². The van der Waals surface area contributed by atoms with Crippen LogP contribution in [0.4, 0.5) is 17.5 Å². The number of para-hydroxylation sites is 1. The van der Waals surface area contributed by atoms with E-state index >= 15 is 0 Å². The zero-order valence-electron chi connectivity index (χ0n) is 14.2. The summed E-state index contributed by atoms with van der Waals surface area (Å²) in [6, 6.07) is 12.4. The van der Waals surface area contributed by atoms with Gasteiger partial charge in [0.05, 0.1) is 0 Å². The number of aryl methyl sites for hydroxylation is 1. The summed E-state index contributed by atoms with van der Waals surface area (Å²) < 4.78 is 0. The first kappa shape index (κ1) is 15.7. The molecular weight excluding hydrogens is 286 g/mol. The summed E-state index contributed by atoms with van der Waals surface area (Å²) in [6.45, 7) is 9.51. The fourth-order valence-electron chi connectivity index (χ4n) is 2.90. The van der Waals surface area contributed by atoms with Gasteiger partial charge in [0, 0.05) is 50.7 Å². The van der Waals surface area contributed by atoms with Crippen LogP contribution < -0.4 is 9.80 Å². The maximum absolute atomic E-state index is 4.81. The third-order valence-corrected chi connectivity index (χ3v) is 4.42. The van der Waals surface area contributed by atoms with Crippen molar-refractivity contribution in [1.82, 2.24) is 14.9 Å². The normalized spacial score (nSPS) is 15.7. The van der Waals surface area contributed by atoms with Crippen molar-refractivity contribution in [3.05, 3.63) is 42.1 Å². The minimum atomic E-state index is 0.846. The molecule has 0 aliphatic carbocycles. The van der Waals surface area contributed by atoms with Crippen LogP contribution in [0.1, 0.15) is 12.6 Å². The van der Waals surface area contributed by atoms with Gasteiger partial charge in [-0.2, -0.15) is 4.98 Å². The molecule has 122 valence electrons. The molecule has 0 N–H and O–H groups in total. The summed E-state index contributed by atoms with van der Waals surface area (Å²) in [5.74, 6) is 1.79. The van der Waals surface area contributed by atoms with Crippen LogP contribution in [0.2, 0.25) is 0 Å². The van der Waals surface area contributed by atoms with E-state index in [0.717, 1.165) is 55.9 Å². The summed E-state index contributed by atoms with van der Waals surface area (Å²) in [7, 11) is 2.05. The molecule has 2 aromatic rings. The van der Waals surface area contributed by atoms with Gasteiger partial charge in [-0.15, -0.1) is 0 Å². The van der Waals surface area contributed by atoms with Gasteiger partial charge in [-0.1, -0.05) is 25.1 Å². The topological polar surface area (TPSA) is 35.5 Å². The molecule has 2 heterocycles. The average molecular weight is 311 g/mol. The SMILES string of the molecule is CCN1CCN(c2nc(C)cc(N(C)c3ccccc3)n2)CC1. The van der Waals surface area contributed by atoms with Crippen molar-refractivity contribution < 1.29 is 0 Å². The standard InChI is InChI=1S/C18H25N5/c1-4-22-10-12-23(13-11-22)18-19-15(2)14-17(20-18)21(3)16-8-6-5-7-9-16/h5-9,14H,4,10-13H2,1-3H3. The van der Waals surface area contributed by atoms with Crippen LogP contribution in [-0.2, 0) is 0 Å². The van der Waals surface area contributed by atoms with Gasteiger partial charge in [0.2, 0.25) is 5.95 Å². The molecule has 1 aromatic heterocycles. The highest BCUT2D eigenvalue weighted by molar-refractivity contribution is 5.60. The van der Waals surface area contributed by atoms with Crippen molar-refractivity contribution in [3.8, 4) is 0 Å². The molecule has 5 heteroatoms. The Labute approximate surface area is 138 Å². The Bertz CT molecular complexity index is 635. The molecule has 0 saturated carbocycles. The summed E-state index contributed by atoms with van der Waals surface area (Å²) >= 11 is 0. The zero-order valence-corrected chi connectivity index (χ0v) is 14.2. The molecule has 1 fully saturated rings. The van der Waals surface area contributed by atoms with Crippen molar-refractivity contribution in [2.75, 3.05) is 49.6 Å². The molecule has 0 atom stereocenters. The molecule has 1 aliphatic rings. The van der Waals surface area contributed by atoms with E-state index in [1.807, 2.05) is 31.2 Å². The third kappa shape index (κ3) is 3.62. The van der Waals surface area contributed by atoms with Crippen LogP contribution in [0.3, 0.4) is 0 Å². The smallest absolute Gasteiger partial charge is 0.227 e. The summed E-state index contributed by atoms with van der Waals surface area (Å²) in [6.07, 6.45) is 0. The van der Waals surface area contributed by atoms with E-state index in [2.05, 4.69) is 45.8 Å². The zero-order chi connectivity index (χ0) is 16.2. The van der Waals surface area contributed by atoms with Crippen LogP contribution in [0.25, 0.3) is 0 Å². The molecule has 0 spiro atoms. The number of aromatic nitrogens is 2. The Hall–Kier alpha value is -2.14. The monoisotopic (exact) mass is 311 g/mol. The van der Waals surface area contributed by atoms with Gasteiger partial charge in [0.1, 0.15) is 5.82 Å². The van der Waals surface area contributed by atoms with E-state index < -0.39 is 0 Å². The van der Waals surface area contributed by atoms with E-state index in [1.165, 1.54) is 0 Å². The first-order chi connectivity index (χ1) is 11.2. The van der Waals surface area contributed by atoms with Crippen LogP contribution in [0.15, 0.2) is 36.4 Å². The highest BCUT2D eigenvalue weighted by Gasteiger charge is 2.19. The molecule has 23 heavy (non-hydrogen) atoms. The Morgan fingerprint density at radius 1 is 1.04 bits per heavy atom. The number of anilines is 3. The van der Waals surface area contributed by atoms with E-state index in [4.69, 9.17) is 4.98 Å². The van der Waals surface area contributed by atoms with Gasteiger partial charge in [0.25, 0.3) is 0 Å². The Morgan fingerprint density at radius 3 is 2.39 bits per heavy atom. The predicted octanol–water partition coefficient (Wildman–Crippen LogP) is 2.69. The van der Waals surface area contributed by atoms with E-state index in [0.29, 0.717) is 0 Å². The van der Waals surface area contributed by atoms with Gasteiger partial charge < -0.3 is 14.7 Å². The Morgan fingerprint density at radius 2 is 1.74 bits per heavy atom. The molecule has 0 radical (unpaired) electrons. The summed E-state index contributed by atoms with van der Waals surface area (Å²) in [5, 5.41) is 0. The molecule has 0 unspecified atom stereocenters. The largest absolute Gasteiger partial charge is 0.338 e. The molecule has 1 aromatic carbocycles. The predicted molar refractivity (Wildman–Crippen MR) is 95.6 cm³/mol. The maximum Gasteiger partial charge on any atom is 0.227 e. The van der Waals surface area contributed by atoms with Gasteiger partial charge in [-0.3, -0.25) is 0 Å². The molecule has 5 nitrogen and oxygen atoms in total. The van der Waals surface area contributed by atoms with E-state index in [9.17, 15) is 0 Å². The van der Waals surface area contributed by atoms with Crippen molar-refractivity contribution >= 4 is 17.5 Å². The van der Waals surface area contributed by atoms with Crippen LogP contribution in [0.5, 0.6) is 0 Å². The van der Waals surface area contributed by atoms with Gasteiger partial charge in [-0.25, -0.2) is 4.98 Å². The minimum Gasteiger partial charge on any atom is -0.338 e. The first-order valence-corrected chi connectivity index (χ1v) is 8.29. The fraction of sp³-hybridized carbons (Fsp3) is 0.444. The lowest BCUT2D eigenvalue weighted by atomic mass is 10.3. The second kappa shape index (κ2) is 6.96. The van der Waals surface area contributed by atoms with Crippen molar-refractivity contribution in [2.45, 2.75) is 13.8 Å². The van der Waals surface area contributed by atoms with Crippen molar-refractivity contribution in [1.29, 1.82) is 0 Å². The molecular formula is C18H25N5. The van der Waals surface area contributed by atoms with Crippen LogP contribution >= 0.6 is 0 Å². The van der Waals surface area contributed by atoms with Crippen LogP contribution in [-0.4, -0.2) is 54.6 Å². The number of piperazine rings is 1. The number of nitrogens with zero attached hydrogens (tertiary/aromatic N) is 5. The first-order valence-electron chi connectivity index (χ1n) is 8.29. The lowest BCUT2D eigenvalue weighted by Gasteiger charge is -2.34. The molecule has 0 bridgehead atoms. The lowest BCUT2D eigenvalue weighted by molar-refractivity contribution is 0.270. The molecule has 1 aliphatic heterocycles. The maximum atomic E-state index is 4.81. The number of rotatable bonds is 4. The molecule has 1 saturated heterocycles. The van der Waals surface area contributed by atoms with Crippen molar-refractivity contribution in [3.63, 3.8) is 0 Å². The number of hydrogen-bond acceptors (Lipinski definition) is 5. The van der Waals surface area contributed by atoms with Gasteiger partial charge >= 0.3 is 0 Å². The number of hydrogen-bond donors (Lipinski definition) is 0. The summed E-state index contributed by atoms with van der Waals surface area (Å²) in [5.41, 5.74) is 2.14. The highest BCUT2D eigenvalue weighted by Crippen LogP contribution is 2.24. The highest BCUT2D eigenvalue weighted by atomic mass is 15.3. The molecule has 0 amide bonds. The second-order valence-electron chi connectivity index (χ2n) is 5.98. The van der Waals surface area contributed by atoms with Gasteiger partial charge in [0.15, 0.2) is 0 Å². The minimum absolute atomic E-state index is 0.846. The quantitative estimate of drug-likeness (QED) is 0.867. The Kier molecular flexibility index (Phi) is 4.76. The average Bonchev–Trinajstić information content (AvgIpc) is 2.61.